The first-order valence-electron chi connectivity index (χ1n) is 6.56. The summed E-state index contributed by atoms with van der Waals surface area (Å²) in [5.74, 6) is -0.835. The van der Waals surface area contributed by atoms with Gasteiger partial charge in [0.2, 0.25) is 0 Å². The molecule has 2 heterocycles. The van der Waals surface area contributed by atoms with Crippen molar-refractivity contribution in [2.75, 3.05) is 0 Å². The molecule has 20 heavy (non-hydrogen) atoms. The van der Waals surface area contributed by atoms with Gasteiger partial charge < -0.3 is 5.11 Å². The van der Waals surface area contributed by atoms with Crippen molar-refractivity contribution in [2.24, 2.45) is 0 Å². The van der Waals surface area contributed by atoms with Crippen molar-refractivity contribution in [3.8, 4) is 0 Å². The maximum Gasteiger partial charge on any atom is 0.325 e. The van der Waals surface area contributed by atoms with Crippen molar-refractivity contribution >= 4 is 16.9 Å². The van der Waals surface area contributed by atoms with E-state index in [2.05, 4.69) is 10.1 Å². The number of carbonyl (C=O) groups is 1. The third kappa shape index (κ3) is 2.54. The zero-order chi connectivity index (χ0) is 14.9. The highest BCUT2D eigenvalue weighted by Crippen LogP contribution is 2.17. The van der Waals surface area contributed by atoms with E-state index in [1.54, 1.807) is 12.1 Å². The van der Waals surface area contributed by atoms with Crippen molar-refractivity contribution in [3.05, 3.63) is 33.9 Å². The van der Waals surface area contributed by atoms with Crippen molar-refractivity contribution < 1.29 is 9.90 Å². The Kier molecular flexibility index (Phi) is 3.83. The molecule has 0 atom stereocenters. The molecule has 6 heteroatoms. The Hall–Kier alpha value is -2.24. The number of pyridine rings is 1. The average molecular weight is 275 g/mol. The van der Waals surface area contributed by atoms with Crippen LogP contribution < -0.4 is 5.56 Å². The Morgan fingerprint density at radius 3 is 2.65 bits per heavy atom. The van der Waals surface area contributed by atoms with E-state index in [9.17, 15) is 9.59 Å². The predicted molar refractivity (Wildman–Crippen MR) is 74.9 cm³/mol. The number of carboxylic acids is 1. The maximum atomic E-state index is 12.2. The molecule has 0 amide bonds. The fourth-order valence-electron chi connectivity index (χ4n) is 2.04. The molecular weight excluding hydrogens is 258 g/mol. The minimum Gasteiger partial charge on any atom is -0.480 e. The second-order valence-electron chi connectivity index (χ2n) is 4.94. The molecule has 0 aliphatic rings. The zero-order valence-corrected chi connectivity index (χ0v) is 11.8. The first kappa shape index (κ1) is 14.2. The van der Waals surface area contributed by atoms with Gasteiger partial charge in [0.1, 0.15) is 6.54 Å². The fourth-order valence-corrected chi connectivity index (χ4v) is 2.04. The summed E-state index contributed by atoms with van der Waals surface area (Å²) < 4.78 is 0.986. The molecule has 106 valence electrons. The van der Waals surface area contributed by atoms with E-state index in [4.69, 9.17) is 5.11 Å². The largest absolute Gasteiger partial charge is 0.480 e. The van der Waals surface area contributed by atoms with Crippen LogP contribution in [-0.4, -0.2) is 25.8 Å². The number of fused-ring (bicyclic) bond motifs is 1. The second kappa shape index (κ2) is 5.40. The zero-order valence-electron chi connectivity index (χ0n) is 11.8. The second-order valence-corrected chi connectivity index (χ2v) is 4.94. The molecule has 0 radical (unpaired) electrons. The maximum absolute atomic E-state index is 12.2. The van der Waals surface area contributed by atoms with Crippen LogP contribution in [0, 0.1) is 0 Å². The van der Waals surface area contributed by atoms with Crippen LogP contribution in [0.15, 0.2) is 16.9 Å². The monoisotopic (exact) mass is 275 g/mol. The molecule has 6 nitrogen and oxygen atoms in total. The minimum atomic E-state index is -1.09. The van der Waals surface area contributed by atoms with Gasteiger partial charge >= 0.3 is 5.97 Å². The van der Waals surface area contributed by atoms with Gasteiger partial charge in [0, 0.05) is 5.69 Å². The number of nitrogens with zero attached hydrogens (tertiary/aromatic N) is 3. The highest BCUT2D eigenvalue weighted by atomic mass is 16.4. The summed E-state index contributed by atoms with van der Waals surface area (Å²) in [5.41, 5.74) is 1.69. The fraction of sp³-hybridized carbons (Fsp3) is 0.429. The lowest BCUT2D eigenvalue weighted by Crippen LogP contribution is -2.28. The summed E-state index contributed by atoms with van der Waals surface area (Å²) in [6.07, 6.45) is 0.588. The Labute approximate surface area is 116 Å². The smallest absolute Gasteiger partial charge is 0.325 e. The van der Waals surface area contributed by atoms with Crippen LogP contribution in [0.3, 0.4) is 0 Å². The molecule has 0 spiro atoms. The predicted octanol–water partition coefficient (Wildman–Crippen LogP) is 1.56. The van der Waals surface area contributed by atoms with Gasteiger partial charge in [0.05, 0.1) is 16.6 Å². The Balaban J connectivity index is 2.74. The molecule has 0 unspecified atom stereocenters. The summed E-state index contributed by atoms with van der Waals surface area (Å²) in [7, 11) is 0. The third-order valence-corrected chi connectivity index (χ3v) is 3.11. The standard InChI is InChI=1S/C14H17N3O3/c1-4-10-13-9(5-6-11(15-13)8(2)3)14(20)17(16-10)7-12(18)19/h5-6,8H,4,7H2,1-3H3,(H,18,19). The molecule has 0 saturated carbocycles. The van der Waals surface area contributed by atoms with Gasteiger partial charge in [-0.1, -0.05) is 20.8 Å². The Morgan fingerprint density at radius 2 is 2.10 bits per heavy atom. The van der Waals surface area contributed by atoms with Crippen molar-refractivity contribution in [3.63, 3.8) is 0 Å². The number of hydrogen-bond donors (Lipinski definition) is 1. The van der Waals surface area contributed by atoms with Crippen LogP contribution in [0.2, 0.25) is 0 Å². The summed E-state index contributed by atoms with van der Waals surface area (Å²) >= 11 is 0. The molecule has 2 aromatic heterocycles. The van der Waals surface area contributed by atoms with Crippen molar-refractivity contribution in [1.82, 2.24) is 14.8 Å². The topological polar surface area (TPSA) is 85.1 Å². The van der Waals surface area contributed by atoms with Crippen LogP contribution in [0.25, 0.3) is 10.9 Å². The summed E-state index contributed by atoms with van der Waals surface area (Å²) in [4.78, 5) is 27.5. The van der Waals surface area contributed by atoms with Gasteiger partial charge in [-0.2, -0.15) is 5.10 Å². The molecule has 0 saturated heterocycles. The first-order chi connectivity index (χ1) is 9.43. The number of hydrogen-bond acceptors (Lipinski definition) is 4. The van der Waals surface area contributed by atoms with Crippen LogP contribution in [0.5, 0.6) is 0 Å². The number of aromatic nitrogens is 3. The van der Waals surface area contributed by atoms with Gasteiger partial charge in [0.25, 0.3) is 5.56 Å². The van der Waals surface area contributed by atoms with Crippen molar-refractivity contribution in [1.29, 1.82) is 0 Å². The summed E-state index contributed by atoms with van der Waals surface area (Å²) in [6.45, 7) is 5.52. The van der Waals surface area contributed by atoms with E-state index in [0.29, 0.717) is 23.0 Å². The highest BCUT2D eigenvalue weighted by molar-refractivity contribution is 5.80. The van der Waals surface area contributed by atoms with Gasteiger partial charge in [-0.25, -0.2) is 4.68 Å². The first-order valence-corrected chi connectivity index (χ1v) is 6.56. The lowest BCUT2D eigenvalue weighted by Gasteiger charge is -2.10. The van der Waals surface area contributed by atoms with Crippen LogP contribution >= 0.6 is 0 Å². The summed E-state index contributed by atoms with van der Waals surface area (Å²) in [5, 5.41) is 13.4. The Morgan fingerprint density at radius 1 is 1.40 bits per heavy atom. The highest BCUT2D eigenvalue weighted by Gasteiger charge is 2.14. The molecule has 2 aromatic rings. The van der Waals surface area contributed by atoms with Crippen LogP contribution in [0.4, 0.5) is 0 Å². The van der Waals surface area contributed by atoms with Crippen LogP contribution in [-0.2, 0) is 17.8 Å². The quantitative estimate of drug-likeness (QED) is 0.915. The molecule has 0 fully saturated rings. The number of carboxylic acid groups (broad SMARTS) is 1. The van der Waals surface area contributed by atoms with Gasteiger partial charge in [-0.3, -0.25) is 14.6 Å². The van der Waals surface area contributed by atoms with E-state index in [1.807, 2.05) is 20.8 Å². The number of rotatable bonds is 4. The molecule has 0 bridgehead atoms. The van der Waals surface area contributed by atoms with E-state index < -0.39 is 18.1 Å². The Bertz CT molecular complexity index is 719. The van der Waals surface area contributed by atoms with E-state index in [0.717, 1.165) is 10.4 Å². The third-order valence-electron chi connectivity index (χ3n) is 3.11. The van der Waals surface area contributed by atoms with E-state index in [1.165, 1.54) is 0 Å². The molecule has 0 aliphatic heterocycles. The molecule has 0 aliphatic carbocycles. The molecule has 0 aromatic carbocycles. The normalized spacial score (nSPS) is 11.2. The van der Waals surface area contributed by atoms with Crippen LogP contribution in [0.1, 0.15) is 38.1 Å². The SMILES string of the molecule is CCc1nn(CC(=O)O)c(=O)c2ccc(C(C)C)nc12. The number of aryl methyl sites for hydroxylation is 1. The van der Waals surface area contributed by atoms with Gasteiger partial charge in [0.15, 0.2) is 0 Å². The van der Waals surface area contributed by atoms with Crippen molar-refractivity contribution in [2.45, 2.75) is 39.7 Å². The molecular formula is C14H17N3O3. The lowest BCUT2D eigenvalue weighted by atomic mass is 10.1. The lowest BCUT2D eigenvalue weighted by molar-refractivity contribution is -0.138. The average Bonchev–Trinajstić information content (AvgIpc) is 2.40. The minimum absolute atomic E-state index is 0.255. The number of aliphatic carboxylic acids is 1. The summed E-state index contributed by atoms with van der Waals surface area (Å²) in [6, 6.07) is 3.51. The molecule has 1 N–H and O–H groups in total. The van der Waals surface area contributed by atoms with Gasteiger partial charge in [-0.15, -0.1) is 0 Å². The van der Waals surface area contributed by atoms with Gasteiger partial charge in [-0.05, 0) is 24.5 Å². The molecule has 2 rings (SSSR count). The van der Waals surface area contributed by atoms with E-state index in [-0.39, 0.29) is 5.92 Å². The van der Waals surface area contributed by atoms with E-state index >= 15 is 0 Å².